The molecule has 3 nitrogen and oxygen atoms in total. The summed E-state index contributed by atoms with van der Waals surface area (Å²) in [5, 5.41) is 5.49. The summed E-state index contributed by atoms with van der Waals surface area (Å²) >= 11 is 3.08. The molecule has 106 valence electrons. The predicted octanol–water partition coefficient (Wildman–Crippen LogP) is 2.81. The summed E-state index contributed by atoms with van der Waals surface area (Å²) in [6.45, 7) is 1.13. The molecular weight excluding hydrogens is 325 g/mol. The van der Waals surface area contributed by atoms with Gasteiger partial charge in [-0.25, -0.2) is 0 Å². The van der Waals surface area contributed by atoms with E-state index in [1.165, 1.54) is 6.07 Å². The van der Waals surface area contributed by atoms with Gasteiger partial charge in [-0.05, 0) is 54.1 Å². The van der Waals surface area contributed by atoms with E-state index in [0.717, 1.165) is 18.7 Å². The van der Waals surface area contributed by atoms with Crippen LogP contribution in [0.4, 0.5) is 13.2 Å². The van der Waals surface area contributed by atoms with E-state index in [4.69, 9.17) is 0 Å². The minimum Gasteiger partial charge on any atom is -0.352 e. The molecule has 7 heteroatoms. The molecule has 0 saturated heterocycles. The van der Waals surface area contributed by atoms with Crippen molar-refractivity contribution < 1.29 is 18.0 Å². The highest BCUT2D eigenvalue weighted by atomic mass is 79.9. The van der Waals surface area contributed by atoms with Crippen LogP contribution in [0.5, 0.6) is 0 Å². The first-order valence-corrected chi connectivity index (χ1v) is 6.45. The van der Waals surface area contributed by atoms with Crippen molar-refractivity contribution in [2.75, 3.05) is 20.1 Å². The number of carbonyl (C=O) groups is 1. The number of rotatable bonds is 5. The number of hydrogen-bond acceptors (Lipinski definition) is 2. The second-order valence-electron chi connectivity index (χ2n) is 3.91. The van der Waals surface area contributed by atoms with Crippen LogP contribution in [0.3, 0.4) is 0 Å². The van der Waals surface area contributed by atoms with E-state index in [-0.39, 0.29) is 5.56 Å². The lowest BCUT2D eigenvalue weighted by Gasteiger charge is -2.11. The Morgan fingerprint density at radius 2 is 2.00 bits per heavy atom. The highest BCUT2D eigenvalue weighted by Crippen LogP contribution is 2.31. The normalized spacial score (nSPS) is 11.4. The number of carbonyl (C=O) groups excluding carboxylic acids is 1. The Labute approximate surface area is 117 Å². The van der Waals surface area contributed by atoms with Gasteiger partial charge in [0.1, 0.15) is 0 Å². The van der Waals surface area contributed by atoms with E-state index >= 15 is 0 Å². The molecule has 0 aromatic heterocycles. The lowest BCUT2D eigenvalue weighted by Crippen LogP contribution is -2.27. The highest BCUT2D eigenvalue weighted by molar-refractivity contribution is 9.10. The van der Waals surface area contributed by atoms with Gasteiger partial charge in [0.05, 0.1) is 11.1 Å². The smallest absolute Gasteiger partial charge is 0.352 e. The average molecular weight is 339 g/mol. The average Bonchev–Trinajstić information content (AvgIpc) is 2.33. The van der Waals surface area contributed by atoms with Crippen LogP contribution in [-0.2, 0) is 6.18 Å². The van der Waals surface area contributed by atoms with Gasteiger partial charge in [0.25, 0.3) is 5.91 Å². The third kappa shape index (κ3) is 4.83. The van der Waals surface area contributed by atoms with Crippen molar-refractivity contribution in [2.45, 2.75) is 12.6 Å². The van der Waals surface area contributed by atoms with E-state index in [2.05, 4.69) is 26.6 Å². The van der Waals surface area contributed by atoms with Crippen molar-refractivity contribution >= 4 is 21.8 Å². The Hall–Kier alpha value is -1.08. The molecule has 0 aliphatic rings. The molecule has 0 atom stereocenters. The molecule has 0 fully saturated rings. The zero-order valence-corrected chi connectivity index (χ0v) is 11.9. The molecule has 0 bridgehead atoms. The van der Waals surface area contributed by atoms with Gasteiger partial charge in [0.2, 0.25) is 0 Å². The Balaban J connectivity index is 2.78. The summed E-state index contributed by atoms with van der Waals surface area (Å²) in [5.74, 6) is -0.519. The molecule has 0 heterocycles. The predicted molar refractivity (Wildman–Crippen MR) is 70.0 cm³/mol. The largest absolute Gasteiger partial charge is 0.416 e. The van der Waals surface area contributed by atoms with Gasteiger partial charge in [0.15, 0.2) is 0 Å². The molecule has 0 saturated carbocycles. The lowest BCUT2D eigenvalue weighted by molar-refractivity contribution is -0.137. The van der Waals surface area contributed by atoms with Gasteiger partial charge in [0, 0.05) is 11.0 Å². The first-order chi connectivity index (χ1) is 8.86. The number of alkyl halides is 3. The maximum Gasteiger partial charge on any atom is 0.416 e. The molecule has 2 N–H and O–H groups in total. The second kappa shape index (κ2) is 6.91. The van der Waals surface area contributed by atoms with E-state index in [1.807, 2.05) is 0 Å². The summed E-state index contributed by atoms with van der Waals surface area (Å²) in [6.07, 6.45) is -3.75. The minimum absolute atomic E-state index is 0.0146. The maximum absolute atomic E-state index is 12.6. The van der Waals surface area contributed by atoms with Crippen LogP contribution in [0.2, 0.25) is 0 Å². The summed E-state index contributed by atoms with van der Waals surface area (Å²) in [5.41, 5.74) is -0.852. The molecule has 0 aliphatic heterocycles. The summed E-state index contributed by atoms with van der Waals surface area (Å²) < 4.78 is 38.0. The number of hydrogen-bond donors (Lipinski definition) is 2. The van der Waals surface area contributed by atoms with Crippen LogP contribution in [-0.4, -0.2) is 26.0 Å². The zero-order chi connectivity index (χ0) is 14.5. The fraction of sp³-hybridized carbons (Fsp3) is 0.417. The Morgan fingerprint density at radius 1 is 1.32 bits per heavy atom. The molecule has 0 radical (unpaired) electrons. The molecule has 1 amide bonds. The zero-order valence-electron chi connectivity index (χ0n) is 10.3. The van der Waals surface area contributed by atoms with Crippen LogP contribution in [0.25, 0.3) is 0 Å². The van der Waals surface area contributed by atoms with Crippen molar-refractivity contribution in [3.8, 4) is 0 Å². The van der Waals surface area contributed by atoms with Gasteiger partial charge in [-0.15, -0.1) is 0 Å². The molecule has 0 aliphatic carbocycles. The van der Waals surface area contributed by atoms with Crippen molar-refractivity contribution in [1.29, 1.82) is 0 Å². The molecule has 0 unspecified atom stereocenters. The van der Waals surface area contributed by atoms with Crippen molar-refractivity contribution in [3.05, 3.63) is 33.8 Å². The van der Waals surface area contributed by atoms with Crippen LogP contribution in [0.1, 0.15) is 22.3 Å². The van der Waals surface area contributed by atoms with Crippen LogP contribution in [0.15, 0.2) is 22.7 Å². The fourth-order valence-corrected chi connectivity index (χ4v) is 1.86. The first-order valence-electron chi connectivity index (χ1n) is 5.66. The van der Waals surface area contributed by atoms with Crippen molar-refractivity contribution in [2.24, 2.45) is 0 Å². The Bertz CT molecular complexity index is 449. The second-order valence-corrected chi connectivity index (χ2v) is 4.76. The van der Waals surface area contributed by atoms with Gasteiger partial charge >= 0.3 is 6.18 Å². The van der Waals surface area contributed by atoms with Gasteiger partial charge in [-0.1, -0.05) is 0 Å². The van der Waals surface area contributed by atoms with Gasteiger partial charge < -0.3 is 10.6 Å². The number of benzene rings is 1. The van der Waals surface area contributed by atoms with Crippen LogP contribution >= 0.6 is 15.9 Å². The van der Waals surface area contributed by atoms with Crippen LogP contribution < -0.4 is 10.6 Å². The monoisotopic (exact) mass is 338 g/mol. The van der Waals surface area contributed by atoms with Gasteiger partial charge in [-0.2, -0.15) is 13.2 Å². The Kier molecular flexibility index (Phi) is 5.81. The SMILES string of the molecule is CNCCCNC(=O)c1cc(C(F)(F)F)ccc1Br. The summed E-state index contributed by atoms with van der Waals surface area (Å²) in [4.78, 5) is 11.8. The highest BCUT2D eigenvalue weighted by Gasteiger charge is 2.31. The van der Waals surface area contributed by atoms with Crippen molar-refractivity contribution in [1.82, 2.24) is 10.6 Å². The minimum atomic E-state index is -4.46. The molecule has 1 aromatic carbocycles. The summed E-state index contributed by atoms with van der Waals surface area (Å²) in [7, 11) is 1.78. The van der Waals surface area contributed by atoms with Crippen molar-refractivity contribution in [3.63, 3.8) is 0 Å². The third-order valence-electron chi connectivity index (χ3n) is 2.43. The Morgan fingerprint density at radius 3 is 2.58 bits per heavy atom. The number of nitrogens with one attached hydrogen (secondary N) is 2. The third-order valence-corrected chi connectivity index (χ3v) is 3.12. The first kappa shape index (κ1) is 16.0. The van der Waals surface area contributed by atoms with E-state index in [9.17, 15) is 18.0 Å². The summed E-state index contributed by atoms with van der Waals surface area (Å²) in [6, 6.07) is 3.00. The standard InChI is InChI=1S/C12H14BrF3N2O/c1-17-5-2-6-18-11(19)9-7-8(12(14,15)16)3-4-10(9)13/h3-4,7,17H,2,5-6H2,1H3,(H,18,19). The fourth-order valence-electron chi connectivity index (χ4n) is 1.44. The van der Waals surface area contributed by atoms with Crippen LogP contribution in [0, 0.1) is 0 Å². The van der Waals surface area contributed by atoms with E-state index in [0.29, 0.717) is 17.4 Å². The molecular formula is C12H14BrF3N2O. The lowest BCUT2D eigenvalue weighted by atomic mass is 10.1. The molecule has 1 rings (SSSR count). The van der Waals surface area contributed by atoms with E-state index in [1.54, 1.807) is 7.05 Å². The maximum atomic E-state index is 12.6. The molecule has 1 aromatic rings. The van der Waals surface area contributed by atoms with E-state index < -0.39 is 17.6 Å². The quantitative estimate of drug-likeness (QED) is 0.810. The number of halogens is 4. The number of amides is 1. The molecule has 19 heavy (non-hydrogen) atoms. The van der Waals surface area contributed by atoms with Gasteiger partial charge in [-0.3, -0.25) is 4.79 Å². The molecule has 0 spiro atoms. The topological polar surface area (TPSA) is 41.1 Å².